The van der Waals surface area contributed by atoms with Crippen LogP contribution in [-0.2, 0) is 12.7 Å². The summed E-state index contributed by atoms with van der Waals surface area (Å²) in [6.45, 7) is 6.39. The van der Waals surface area contributed by atoms with Gasteiger partial charge in [-0.25, -0.2) is 4.39 Å². The molecule has 1 aliphatic carbocycles. The van der Waals surface area contributed by atoms with Gasteiger partial charge in [0.2, 0.25) is 0 Å². The van der Waals surface area contributed by atoms with Crippen molar-refractivity contribution < 1.29 is 17.6 Å². The van der Waals surface area contributed by atoms with Gasteiger partial charge in [0.25, 0.3) is 0 Å². The van der Waals surface area contributed by atoms with Gasteiger partial charge in [-0.05, 0) is 30.5 Å². The van der Waals surface area contributed by atoms with Crippen LogP contribution in [0.15, 0.2) is 18.2 Å². The first-order valence-corrected chi connectivity index (χ1v) is 7.61. The van der Waals surface area contributed by atoms with Gasteiger partial charge in [-0.15, -0.1) is 13.1 Å². The van der Waals surface area contributed by atoms with Crippen LogP contribution in [-0.4, -0.2) is 31.1 Å². The lowest BCUT2D eigenvalue weighted by Crippen LogP contribution is -2.24. The molecular weight excluding hydrogens is 296 g/mol. The first-order chi connectivity index (χ1) is 10.4. The number of hydrogen-bond donors (Lipinski definition) is 0. The number of rotatable bonds is 5. The Morgan fingerprint density at radius 3 is 2.50 bits per heavy atom. The van der Waals surface area contributed by atoms with Crippen LogP contribution in [0.1, 0.15) is 18.1 Å². The van der Waals surface area contributed by atoms with Gasteiger partial charge in [0.1, 0.15) is 5.82 Å². The van der Waals surface area contributed by atoms with E-state index in [0.29, 0.717) is 29.9 Å². The van der Waals surface area contributed by atoms with E-state index in [-0.39, 0.29) is 6.54 Å². The fourth-order valence-electron chi connectivity index (χ4n) is 3.50. The lowest BCUT2D eigenvalue weighted by molar-refractivity contribution is -0.140. The fraction of sp³-hybridized carbons (Fsp3) is 0.625. The summed E-state index contributed by atoms with van der Waals surface area (Å²) in [6, 6.07) is 3.12. The molecule has 0 N–H and O–H groups in total. The van der Waals surface area contributed by atoms with Crippen LogP contribution in [0.5, 0.6) is 0 Å². The second-order valence-electron chi connectivity index (χ2n) is 6.22. The Morgan fingerprint density at radius 1 is 1.23 bits per heavy atom. The average Bonchev–Trinajstić information content (AvgIpc) is 2.92. The standard InChI is InChI=1S/C16H19F4N2/c1-2-22-8-12-11(13(12)9-22)7-21-6-10-3-4-15(17)14(5-10)16(18,19)20/h3-5,11-13H,2,6-9H2,1H3/q-1. The van der Waals surface area contributed by atoms with Gasteiger partial charge in [-0.2, -0.15) is 13.2 Å². The van der Waals surface area contributed by atoms with Crippen molar-refractivity contribution in [1.29, 1.82) is 0 Å². The van der Waals surface area contributed by atoms with Crippen molar-refractivity contribution in [3.8, 4) is 0 Å². The van der Waals surface area contributed by atoms with Crippen molar-refractivity contribution in [2.24, 2.45) is 17.8 Å². The average molecular weight is 315 g/mol. The van der Waals surface area contributed by atoms with E-state index >= 15 is 0 Å². The Bertz CT molecular complexity index is 531. The van der Waals surface area contributed by atoms with Gasteiger partial charge >= 0.3 is 6.18 Å². The molecule has 6 heteroatoms. The number of nitrogens with zero attached hydrogens (tertiary/aromatic N) is 2. The quantitative estimate of drug-likeness (QED) is 0.753. The minimum atomic E-state index is -4.66. The zero-order chi connectivity index (χ0) is 15.9. The highest BCUT2D eigenvalue weighted by Gasteiger charge is 2.52. The zero-order valence-electron chi connectivity index (χ0n) is 12.4. The van der Waals surface area contributed by atoms with Crippen molar-refractivity contribution in [2.45, 2.75) is 19.6 Å². The van der Waals surface area contributed by atoms with Crippen LogP contribution in [0.25, 0.3) is 5.32 Å². The molecule has 0 radical (unpaired) electrons. The summed E-state index contributed by atoms with van der Waals surface area (Å²) in [5.41, 5.74) is -0.795. The fourth-order valence-corrected chi connectivity index (χ4v) is 3.50. The topological polar surface area (TPSA) is 17.3 Å². The third kappa shape index (κ3) is 3.13. The highest BCUT2D eigenvalue weighted by atomic mass is 19.4. The lowest BCUT2D eigenvalue weighted by atomic mass is 10.1. The van der Waals surface area contributed by atoms with Gasteiger partial charge in [-0.1, -0.05) is 24.5 Å². The number of halogens is 4. The first-order valence-electron chi connectivity index (χ1n) is 7.61. The molecule has 1 aromatic rings. The number of benzene rings is 1. The molecule has 22 heavy (non-hydrogen) atoms. The molecule has 1 saturated heterocycles. The van der Waals surface area contributed by atoms with Gasteiger partial charge in [0.05, 0.1) is 5.56 Å². The Morgan fingerprint density at radius 2 is 1.91 bits per heavy atom. The molecule has 2 aliphatic rings. The second kappa shape index (κ2) is 5.81. The largest absolute Gasteiger partial charge is 0.658 e. The van der Waals surface area contributed by atoms with Crippen molar-refractivity contribution in [2.75, 3.05) is 26.2 Å². The number of hydrogen-bond acceptors (Lipinski definition) is 1. The van der Waals surface area contributed by atoms with Crippen molar-refractivity contribution in [1.82, 2.24) is 4.90 Å². The molecule has 2 fully saturated rings. The molecule has 1 aliphatic heterocycles. The van der Waals surface area contributed by atoms with E-state index in [9.17, 15) is 17.6 Å². The summed E-state index contributed by atoms with van der Waals surface area (Å²) in [4.78, 5) is 2.42. The Kier molecular flexibility index (Phi) is 4.16. The van der Waals surface area contributed by atoms with Crippen LogP contribution < -0.4 is 0 Å². The van der Waals surface area contributed by atoms with E-state index in [2.05, 4.69) is 17.1 Å². The summed E-state index contributed by atoms with van der Waals surface area (Å²) < 4.78 is 51.1. The zero-order valence-corrected chi connectivity index (χ0v) is 12.4. The van der Waals surface area contributed by atoms with Gasteiger partial charge < -0.3 is 10.2 Å². The molecule has 0 aromatic heterocycles. The van der Waals surface area contributed by atoms with Gasteiger partial charge in [-0.3, -0.25) is 0 Å². The lowest BCUT2D eigenvalue weighted by Gasteiger charge is -2.23. The van der Waals surface area contributed by atoms with Crippen molar-refractivity contribution >= 4 is 0 Å². The summed E-state index contributed by atoms with van der Waals surface area (Å²) in [5.74, 6) is 0.781. The number of alkyl halides is 3. The van der Waals surface area contributed by atoms with E-state index < -0.39 is 17.6 Å². The SMILES string of the molecule is CCN1CC2C(C[N-]Cc3ccc(F)c(C(F)(F)F)c3)C2C1. The molecule has 0 amide bonds. The maximum atomic E-state index is 13.2. The first kappa shape index (κ1) is 15.7. The maximum Gasteiger partial charge on any atom is 0.419 e. The van der Waals surface area contributed by atoms with Crippen LogP contribution in [0, 0.1) is 23.6 Å². The summed E-state index contributed by atoms with van der Waals surface area (Å²) in [5, 5.41) is 4.38. The van der Waals surface area contributed by atoms with Crippen LogP contribution >= 0.6 is 0 Å². The number of piperidine rings is 1. The molecule has 1 saturated carbocycles. The minimum Gasteiger partial charge on any atom is -0.658 e. The molecule has 0 bridgehead atoms. The third-order valence-electron chi connectivity index (χ3n) is 4.86. The summed E-state index contributed by atoms with van der Waals surface area (Å²) in [6.07, 6.45) is -4.66. The Balaban J connectivity index is 1.49. The molecule has 2 atom stereocenters. The van der Waals surface area contributed by atoms with Crippen molar-refractivity contribution in [3.63, 3.8) is 0 Å². The molecule has 1 aromatic carbocycles. The van der Waals surface area contributed by atoms with Crippen LogP contribution in [0.4, 0.5) is 17.6 Å². The molecule has 3 rings (SSSR count). The molecule has 2 nitrogen and oxygen atoms in total. The van der Waals surface area contributed by atoms with E-state index in [1.165, 1.54) is 6.07 Å². The van der Waals surface area contributed by atoms with Gasteiger partial charge in [0, 0.05) is 13.1 Å². The van der Waals surface area contributed by atoms with Crippen molar-refractivity contribution in [3.05, 3.63) is 40.5 Å². The van der Waals surface area contributed by atoms with E-state index in [4.69, 9.17) is 0 Å². The highest BCUT2D eigenvalue weighted by Crippen LogP contribution is 2.52. The summed E-state index contributed by atoms with van der Waals surface area (Å²) in [7, 11) is 0. The van der Waals surface area contributed by atoms with Crippen LogP contribution in [0.3, 0.4) is 0 Å². The normalized spacial score (nSPS) is 28.0. The van der Waals surface area contributed by atoms with Gasteiger partial charge in [0.15, 0.2) is 0 Å². The molecular formula is C16H19F4N2-. The van der Waals surface area contributed by atoms with E-state index in [0.717, 1.165) is 31.8 Å². The maximum absolute atomic E-state index is 13.2. The minimum absolute atomic E-state index is 0.219. The molecule has 122 valence electrons. The van der Waals surface area contributed by atoms with E-state index in [1.54, 1.807) is 0 Å². The smallest absolute Gasteiger partial charge is 0.419 e. The second-order valence-corrected chi connectivity index (χ2v) is 6.22. The summed E-state index contributed by atoms with van der Waals surface area (Å²) >= 11 is 0. The molecule has 1 heterocycles. The molecule has 0 spiro atoms. The number of likely N-dealkylation sites (tertiary alicyclic amines) is 1. The third-order valence-corrected chi connectivity index (χ3v) is 4.86. The predicted molar refractivity (Wildman–Crippen MR) is 75.9 cm³/mol. The molecule has 2 unspecified atom stereocenters. The van der Waals surface area contributed by atoms with Crippen LogP contribution in [0.2, 0.25) is 0 Å². The van der Waals surface area contributed by atoms with E-state index in [1.807, 2.05) is 0 Å². The predicted octanol–water partition coefficient (Wildman–Crippen LogP) is 3.92. The monoisotopic (exact) mass is 315 g/mol. The Hall–Kier alpha value is -1.14. The number of fused-ring (bicyclic) bond motifs is 1. The Labute approximate surface area is 127 Å². The highest BCUT2D eigenvalue weighted by molar-refractivity contribution is 5.28.